The molecule has 5 nitrogen and oxygen atoms in total. The molecule has 2 N–H and O–H groups in total. The molecule has 1 unspecified atom stereocenters. The molecule has 2 aliphatic rings. The number of benzene rings is 1. The van der Waals surface area contributed by atoms with Crippen LogP contribution in [0.25, 0.3) is 5.57 Å². The van der Waals surface area contributed by atoms with Gasteiger partial charge in [-0.05, 0) is 11.1 Å². The highest BCUT2D eigenvalue weighted by molar-refractivity contribution is 6.04. The molecule has 0 aromatic heterocycles. The van der Waals surface area contributed by atoms with Gasteiger partial charge in [0.05, 0.1) is 12.8 Å². The lowest BCUT2D eigenvalue weighted by molar-refractivity contribution is -0.120. The third-order valence-corrected chi connectivity index (χ3v) is 3.29. The highest BCUT2D eigenvalue weighted by Crippen LogP contribution is 2.24. The molecule has 3 amide bonds. The molecule has 3 rings (SSSR count). The third kappa shape index (κ3) is 2.60. The molecular formula is C15H12FN3O2. The smallest absolute Gasteiger partial charge is 0.322 e. The van der Waals surface area contributed by atoms with Crippen molar-refractivity contribution in [3.05, 3.63) is 53.4 Å². The minimum absolute atomic E-state index is 0.389. The van der Waals surface area contributed by atoms with E-state index in [1.807, 2.05) is 0 Å². The van der Waals surface area contributed by atoms with E-state index in [-0.39, 0.29) is 5.91 Å². The lowest BCUT2D eigenvalue weighted by Gasteiger charge is -2.09. The molecule has 0 spiro atoms. The second-order valence-corrected chi connectivity index (χ2v) is 4.68. The SMILES string of the molecule is O=C1NC(=O)C(c2ccc(C3=C(F)C=NCC=C3)cc2)N1. The topological polar surface area (TPSA) is 70.6 Å². The van der Waals surface area contributed by atoms with Gasteiger partial charge in [-0.3, -0.25) is 15.1 Å². The molecule has 2 heterocycles. The quantitative estimate of drug-likeness (QED) is 0.815. The Kier molecular flexibility index (Phi) is 3.35. The monoisotopic (exact) mass is 285 g/mol. The van der Waals surface area contributed by atoms with Gasteiger partial charge in [-0.15, -0.1) is 0 Å². The summed E-state index contributed by atoms with van der Waals surface area (Å²) in [6.45, 7) is 0.448. The Labute approximate surface area is 120 Å². The zero-order chi connectivity index (χ0) is 14.8. The van der Waals surface area contributed by atoms with Crippen LogP contribution in [0.15, 0.2) is 47.2 Å². The molecule has 2 aliphatic heterocycles. The third-order valence-electron chi connectivity index (χ3n) is 3.29. The number of hydrogen-bond donors (Lipinski definition) is 2. The molecule has 21 heavy (non-hydrogen) atoms. The second kappa shape index (κ2) is 5.32. The molecule has 106 valence electrons. The molecule has 1 aromatic rings. The van der Waals surface area contributed by atoms with Crippen LogP contribution in [0.5, 0.6) is 0 Å². The van der Waals surface area contributed by atoms with Gasteiger partial charge in [0.2, 0.25) is 0 Å². The Morgan fingerprint density at radius 2 is 1.95 bits per heavy atom. The number of rotatable bonds is 2. The number of hydrogen-bond acceptors (Lipinski definition) is 3. The summed E-state index contributed by atoms with van der Waals surface area (Å²) in [5.74, 6) is -0.789. The maximum atomic E-state index is 13.9. The highest BCUT2D eigenvalue weighted by atomic mass is 19.1. The predicted molar refractivity (Wildman–Crippen MR) is 76.4 cm³/mol. The molecular weight excluding hydrogens is 273 g/mol. The molecule has 0 aliphatic carbocycles. The van der Waals surface area contributed by atoms with Gasteiger partial charge >= 0.3 is 6.03 Å². The van der Waals surface area contributed by atoms with Gasteiger partial charge in [0.15, 0.2) is 0 Å². The number of carbonyl (C=O) groups is 2. The first kappa shape index (κ1) is 13.2. The van der Waals surface area contributed by atoms with Crippen LogP contribution in [-0.2, 0) is 4.79 Å². The van der Waals surface area contributed by atoms with Crippen molar-refractivity contribution in [1.29, 1.82) is 0 Å². The highest BCUT2D eigenvalue weighted by Gasteiger charge is 2.30. The summed E-state index contributed by atoms with van der Waals surface area (Å²) in [6, 6.07) is 5.61. The number of aliphatic imine (C=N–C) groups is 1. The zero-order valence-corrected chi connectivity index (χ0v) is 11.0. The summed E-state index contributed by atoms with van der Waals surface area (Å²) in [5, 5.41) is 4.69. The second-order valence-electron chi connectivity index (χ2n) is 4.68. The lowest BCUT2D eigenvalue weighted by Crippen LogP contribution is -2.22. The fourth-order valence-electron chi connectivity index (χ4n) is 2.25. The average Bonchev–Trinajstić information content (AvgIpc) is 2.68. The van der Waals surface area contributed by atoms with Crippen LogP contribution in [0.4, 0.5) is 9.18 Å². The molecule has 0 saturated carbocycles. The van der Waals surface area contributed by atoms with Crippen molar-refractivity contribution >= 4 is 23.7 Å². The van der Waals surface area contributed by atoms with Crippen LogP contribution in [0.3, 0.4) is 0 Å². The van der Waals surface area contributed by atoms with Crippen LogP contribution < -0.4 is 10.6 Å². The maximum absolute atomic E-state index is 13.9. The van der Waals surface area contributed by atoms with E-state index in [4.69, 9.17) is 0 Å². The van der Waals surface area contributed by atoms with Crippen LogP contribution in [0, 0.1) is 0 Å². The molecule has 6 heteroatoms. The van der Waals surface area contributed by atoms with Crippen molar-refractivity contribution in [2.45, 2.75) is 6.04 Å². The fourth-order valence-corrected chi connectivity index (χ4v) is 2.25. The standard InChI is InChI=1S/C15H12FN3O2/c16-12-8-17-7-1-2-11(12)9-3-5-10(6-4-9)13-14(20)19-15(21)18-13/h1-6,8,13H,7H2,(H2,18,19,20,21). The van der Waals surface area contributed by atoms with E-state index < -0.39 is 17.9 Å². The van der Waals surface area contributed by atoms with E-state index in [2.05, 4.69) is 15.6 Å². The van der Waals surface area contributed by atoms with Crippen molar-refractivity contribution in [3.63, 3.8) is 0 Å². The zero-order valence-electron chi connectivity index (χ0n) is 11.0. The molecule has 1 saturated heterocycles. The summed E-state index contributed by atoms with van der Waals surface area (Å²) in [7, 11) is 0. The predicted octanol–water partition coefficient (Wildman–Crippen LogP) is 1.89. The van der Waals surface area contributed by atoms with Gasteiger partial charge in [0.25, 0.3) is 5.91 Å². The largest absolute Gasteiger partial charge is 0.322 e. The first-order valence-corrected chi connectivity index (χ1v) is 6.43. The number of nitrogens with zero attached hydrogens (tertiary/aromatic N) is 1. The minimum atomic E-state index is -0.698. The van der Waals surface area contributed by atoms with E-state index in [0.717, 1.165) is 0 Å². The number of urea groups is 1. The number of allylic oxidation sites excluding steroid dienone is 3. The lowest BCUT2D eigenvalue weighted by atomic mass is 10.00. The molecule has 1 fully saturated rings. The molecule has 0 bridgehead atoms. The Bertz CT molecular complexity index is 689. The van der Waals surface area contributed by atoms with E-state index >= 15 is 0 Å². The fraction of sp³-hybridized carbons (Fsp3) is 0.133. The molecule has 1 aromatic carbocycles. The first-order valence-electron chi connectivity index (χ1n) is 6.43. The van der Waals surface area contributed by atoms with Gasteiger partial charge in [0.1, 0.15) is 11.9 Å². The summed E-state index contributed by atoms with van der Waals surface area (Å²) >= 11 is 0. The summed E-state index contributed by atoms with van der Waals surface area (Å²) in [5.41, 5.74) is 1.78. The van der Waals surface area contributed by atoms with E-state index in [1.165, 1.54) is 6.21 Å². The van der Waals surface area contributed by atoms with Crippen LogP contribution in [0.2, 0.25) is 0 Å². The van der Waals surface area contributed by atoms with Crippen molar-refractivity contribution in [2.75, 3.05) is 6.54 Å². The first-order chi connectivity index (χ1) is 10.1. The molecule has 0 radical (unpaired) electrons. The van der Waals surface area contributed by atoms with Gasteiger partial charge in [0, 0.05) is 5.57 Å². The Morgan fingerprint density at radius 3 is 2.62 bits per heavy atom. The normalized spacial score (nSPS) is 21.3. The number of amides is 3. The summed E-state index contributed by atoms with van der Waals surface area (Å²) in [4.78, 5) is 26.6. The summed E-state index contributed by atoms with van der Waals surface area (Å²) < 4.78 is 13.9. The van der Waals surface area contributed by atoms with Crippen molar-refractivity contribution in [1.82, 2.24) is 10.6 Å². The van der Waals surface area contributed by atoms with Crippen molar-refractivity contribution in [3.8, 4) is 0 Å². The molecule has 1 atom stereocenters. The number of imide groups is 1. The van der Waals surface area contributed by atoms with Gasteiger partial charge in [-0.2, -0.15) is 0 Å². The van der Waals surface area contributed by atoms with Crippen LogP contribution >= 0.6 is 0 Å². The van der Waals surface area contributed by atoms with Gasteiger partial charge in [-0.25, -0.2) is 9.18 Å². The van der Waals surface area contributed by atoms with Crippen molar-refractivity contribution < 1.29 is 14.0 Å². The maximum Gasteiger partial charge on any atom is 0.322 e. The number of nitrogens with one attached hydrogen (secondary N) is 2. The van der Waals surface area contributed by atoms with Crippen LogP contribution in [-0.4, -0.2) is 24.7 Å². The van der Waals surface area contributed by atoms with Crippen molar-refractivity contribution in [2.24, 2.45) is 4.99 Å². The van der Waals surface area contributed by atoms with Gasteiger partial charge < -0.3 is 5.32 Å². The van der Waals surface area contributed by atoms with E-state index in [1.54, 1.807) is 36.4 Å². The number of carbonyl (C=O) groups excluding carboxylic acids is 2. The average molecular weight is 285 g/mol. The number of halogens is 1. The Hall–Kier alpha value is -2.76. The van der Waals surface area contributed by atoms with E-state index in [9.17, 15) is 14.0 Å². The van der Waals surface area contributed by atoms with E-state index in [0.29, 0.717) is 23.2 Å². The Morgan fingerprint density at radius 1 is 1.19 bits per heavy atom. The van der Waals surface area contributed by atoms with Gasteiger partial charge in [-0.1, -0.05) is 36.4 Å². The summed E-state index contributed by atoms with van der Waals surface area (Å²) in [6.07, 6.45) is 4.66. The minimum Gasteiger partial charge on any atom is -0.322 e. The Balaban J connectivity index is 1.89. The van der Waals surface area contributed by atoms with Crippen LogP contribution in [0.1, 0.15) is 17.2 Å².